The highest BCUT2D eigenvalue weighted by Gasteiger charge is 2.49. The number of hydrogen-bond donors (Lipinski definition) is 0. The molecule has 2 rings (SSSR count). The summed E-state index contributed by atoms with van der Waals surface area (Å²) in [4.78, 5) is 22.8. The molecule has 2 aliphatic rings. The van der Waals surface area contributed by atoms with Crippen LogP contribution in [0.1, 0.15) is 0 Å². The lowest BCUT2D eigenvalue weighted by Crippen LogP contribution is -2.37. The number of esters is 2. The molecule has 5 nitrogen and oxygen atoms in total. The predicted octanol–water partition coefficient (Wildman–Crippen LogP) is -0.215. The van der Waals surface area contributed by atoms with Gasteiger partial charge in [0.2, 0.25) is 0 Å². The highest BCUT2D eigenvalue weighted by Crippen LogP contribution is 2.44. The minimum absolute atomic E-state index is 0.174. The van der Waals surface area contributed by atoms with Crippen LogP contribution in [0.3, 0.4) is 0 Å². The lowest BCUT2D eigenvalue weighted by atomic mass is 9.69. The van der Waals surface area contributed by atoms with Crippen LogP contribution >= 0.6 is 0 Å². The second kappa shape index (κ2) is 3.42. The van der Waals surface area contributed by atoms with Crippen molar-refractivity contribution in [3.63, 3.8) is 0 Å². The standard InChI is InChI=1S/C10H10O5/c1-13-9(11)7-5-3-15-4-6(5)8(7)10(12)14-2/h3-6H,1-2H3/t5-,6+. The van der Waals surface area contributed by atoms with Gasteiger partial charge in [-0.05, 0) is 0 Å². The number of hydrogen-bond acceptors (Lipinski definition) is 4. The van der Waals surface area contributed by atoms with E-state index >= 15 is 0 Å². The zero-order valence-corrected chi connectivity index (χ0v) is 8.35. The Bertz CT molecular complexity index is 379. The molecule has 0 saturated carbocycles. The first-order valence-corrected chi connectivity index (χ1v) is 4.43. The number of fused-ring (bicyclic) bond motifs is 1. The minimum Gasteiger partial charge on any atom is -0.466 e. The molecular formula is C10H10O5. The predicted molar refractivity (Wildman–Crippen MR) is 48.4 cm³/mol. The van der Waals surface area contributed by atoms with Crippen LogP contribution < -0.4 is 0 Å². The van der Waals surface area contributed by atoms with Gasteiger partial charge in [0.05, 0.1) is 14.2 Å². The largest absolute Gasteiger partial charge is 0.466 e. The molecule has 80 valence electrons. The monoisotopic (exact) mass is 210 g/mol. The Labute approximate surface area is 86.4 Å². The second-order valence-corrected chi connectivity index (χ2v) is 3.27. The van der Waals surface area contributed by atoms with Crippen molar-refractivity contribution in [2.75, 3.05) is 14.2 Å². The average molecular weight is 210 g/mol. The normalized spacial score (nSPS) is 26.5. The highest BCUT2D eigenvalue weighted by molar-refractivity contribution is 6.07. The van der Waals surface area contributed by atoms with E-state index in [0.29, 0.717) is 11.1 Å². The Hall–Kier alpha value is -1.78. The summed E-state index contributed by atoms with van der Waals surface area (Å²) in [5.41, 5.74) is 0.672. The van der Waals surface area contributed by atoms with Crippen LogP contribution in [-0.2, 0) is 23.5 Å². The van der Waals surface area contributed by atoms with E-state index in [1.165, 1.54) is 27.1 Å². The maximum atomic E-state index is 11.4. The van der Waals surface area contributed by atoms with Crippen LogP contribution in [0.25, 0.3) is 0 Å². The quantitative estimate of drug-likeness (QED) is 0.274. The summed E-state index contributed by atoms with van der Waals surface area (Å²) in [5.74, 6) is -1.36. The third kappa shape index (κ3) is 1.23. The molecule has 0 aromatic carbocycles. The van der Waals surface area contributed by atoms with E-state index in [4.69, 9.17) is 4.42 Å². The van der Waals surface area contributed by atoms with Gasteiger partial charge in [-0.2, -0.15) is 0 Å². The molecule has 0 fully saturated rings. The smallest absolute Gasteiger partial charge is 0.333 e. The number of ether oxygens (including phenoxy) is 2. The van der Waals surface area contributed by atoms with Gasteiger partial charge >= 0.3 is 11.9 Å². The summed E-state index contributed by atoms with van der Waals surface area (Å²) in [7, 11) is 2.55. The third-order valence-electron chi connectivity index (χ3n) is 2.60. The summed E-state index contributed by atoms with van der Waals surface area (Å²) in [6.07, 6.45) is 1.52. The van der Waals surface area contributed by atoms with Crippen LogP contribution in [0.2, 0.25) is 0 Å². The second-order valence-electron chi connectivity index (χ2n) is 3.27. The first kappa shape index (κ1) is 9.76. The molecule has 15 heavy (non-hydrogen) atoms. The van der Waals surface area contributed by atoms with Crippen LogP contribution in [0, 0.1) is 18.4 Å². The topological polar surface area (TPSA) is 63.9 Å². The van der Waals surface area contributed by atoms with Gasteiger partial charge in [-0.25, -0.2) is 9.59 Å². The van der Waals surface area contributed by atoms with Crippen molar-refractivity contribution in [3.8, 4) is 0 Å². The molecule has 0 saturated heterocycles. The van der Waals surface area contributed by atoms with Gasteiger partial charge in [-0.3, -0.25) is 0 Å². The van der Waals surface area contributed by atoms with Gasteiger partial charge in [0.25, 0.3) is 0 Å². The maximum absolute atomic E-state index is 11.4. The Kier molecular flexibility index (Phi) is 2.22. The van der Waals surface area contributed by atoms with Crippen LogP contribution in [0.4, 0.5) is 0 Å². The van der Waals surface area contributed by atoms with E-state index in [1.54, 1.807) is 0 Å². The van der Waals surface area contributed by atoms with Gasteiger partial charge in [-0.15, -0.1) is 0 Å². The van der Waals surface area contributed by atoms with E-state index in [-0.39, 0.29) is 11.8 Å². The molecule has 1 heterocycles. The summed E-state index contributed by atoms with van der Waals surface area (Å²) >= 11 is 0. The van der Waals surface area contributed by atoms with Crippen molar-refractivity contribution in [1.29, 1.82) is 0 Å². The molecule has 5 heteroatoms. The van der Waals surface area contributed by atoms with Gasteiger partial charge in [0.1, 0.15) is 0 Å². The van der Waals surface area contributed by atoms with Gasteiger partial charge < -0.3 is 13.9 Å². The number of aldehydes is 1. The molecular weight excluding hydrogens is 200 g/mol. The molecule has 1 aliphatic heterocycles. The third-order valence-corrected chi connectivity index (χ3v) is 2.60. The highest BCUT2D eigenvalue weighted by atomic mass is 16.5. The number of carbonyl (C=O) groups is 2. The zero-order valence-electron chi connectivity index (χ0n) is 8.35. The van der Waals surface area contributed by atoms with Crippen molar-refractivity contribution >= 4 is 18.2 Å². The first-order chi connectivity index (χ1) is 7.20. The van der Waals surface area contributed by atoms with E-state index in [0.717, 1.165) is 0 Å². The molecule has 0 radical (unpaired) electrons. The lowest BCUT2D eigenvalue weighted by Gasteiger charge is -2.31. The van der Waals surface area contributed by atoms with Crippen LogP contribution in [0.15, 0.2) is 11.1 Å². The Balaban J connectivity index is 2.34. The number of carbonyl (C=O) groups excluding carboxylic acids is 3. The molecule has 1 aliphatic carbocycles. The summed E-state index contributed by atoms with van der Waals surface area (Å²) in [6.45, 7) is 1.52. The van der Waals surface area contributed by atoms with Crippen LogP contribution in [-0.4, -0.2) is 32.4 Å². The van der Waals surface area contributed by atoms with Crippen LogP contribution in [0.5, 0.6) is 0 Å². The summed E-state index contributed by atoms with van der Waals surface area (Å²) in [5, 5.41) is 0. The summed E-state index contributed by atoms with van der Waals surface area (Å²) < 4.78 is 14.2. The van der Waals surface area contributed by atoms with Crippen molar-refractivity contribution in [2.45, 2.75) is 0 Å². The minimum atomic E-state index is -0.508. The molecule has 0 spiro atoms. The Morgan fingerprint density at radius 3 is 2.47 bits per heavy atom. The first-order valence-electron chi connectivity index (χ1n) is 4.43. The molecule has 2 atom stereocenters. The molecule has 0 aromatic rings. The average Bonchev–Trinajstić information content (AvgIpc) is 2.62. The molecule has 0 unspecified atom stereocenters. The molecule has 0 bridgehead atoms. The SMILES string of the molecule is COC(=O)C1=C(C(=O)OC)[C@@H]2C=[O+][CH-][C@H]12. The fourth-order valence-corrected chi connectivity index (χ4v) is 1.85. The van der Waals surface area contributed by atoms with E-state index in [2.05, 4.69) is 9.47 Å². The van der Waals surface area contributed by atoms with E-state index in [9.17, 15) is 9.59 Å². The van der Waals surface area contributed by atoms with Crippen molar-refractivity contribution in [3.05, 3.63) is 17.8 Å². The van der Waals surface area contributed by atoms with E-state index < -0.39 is 11.9 Å². The van der Waals surface area contributed by atoms with Gasteiger partial charge in [0.15, 0.2) is 12.9 Å². The van der Waals surface area contributed by atoms with Crippen molar-refractivity contribution < 1.29 is 23.5 Å². The van der Waals surface area contributed by atoms with Gasteiger partial charge in [0, 0.05) is 23.0 Å². The van der Waals surface area contributed by atoms with E-state index in [1.807, 2.05) is 0 Å². The fraction of sp³-hybridized carbons (Fsp3) is 0.400. The Morgan fingerprint density at radius 2 is 1.87 bits per heavy atom. The van der Waals surface area contributed by atoms with Crippen molar-refractivity contribution in [1.82, 2.24) is 0 Å². The molecule has 0 N–H and O–H groups in total. The van der Waals surface area contributed by atoms with Crippen molar-refractivity contribution in [2.24, 2.45) is 11.8 Å². The maximum Gasteiger partial charge on any atom is 0.333 e. The lowest BCUT2D eigenvalue weighted by molar-refractivity contribution is -0.400. The number of methoxy groups -OCH3 is 2. The van der Waals surface area contributed by atoms with Gasteiger partial charge in [-0.1, -0.05) is 0 Å². The molecule has 0 aromatic heterocycles. The molecule has 0 amide bonds. The fourth-order valence-electron chi connectivity index (χ4n) is 1.85. The number of rotatable bonds is 2. The summed E-state index contributed by atoms with van der Waals surface area (Å²) in [6, 6.07) is 0. The zero-order chi connectivity index (χ0) is 11.0. The Morgan fingerprint density at radius 1 is 1.27 bits per heavy atom.